The van der Waals surface area contributed by atoms with Gasteiger partial charge in [0.15, 0.2) is 11.8 Å². The van der Waals surface area contributed by atoms with Crippen LogP contribution in [0.5, 0.6) is 5.75 Å². The van der Waals surface area contributed by atoms with Crippen LogP contribution in [-0.2, 0) is 50.6 Å². The molecule has 10 rings (SSSR count). The standard InChI is InChI=1S/C47H58N4O9S/c1-9-42(55)23-28-24-44(40(53)57-6,37-30(14-18-50(25-28)26-42)31-20-29(61-8)12-13-34(31)48-37)33-21-32-35(22-36(33)56-5)49(4)47-45(32)16-19-51-17-11-15-43(10-2,38(45)51)39(59-27(3)52)46(47,60-47)41(54)58-7/h11-13,15,20-22,28,38-39,48,55H,9-10,14,16-19,23-26H2,1-8H3/t28-,38+,39-,42+,43-,44+,45-,46+,47+/m1/s1. The highest BCUT2D eigenvalue weighted by Crippen LogP contribution is 2.80. The van der Waals surface area contributed by atoms with Crippen LogP contribution in [-0.4, -0.2) is 134 Å². The smallest absolute Gasteiger partial charge is 0.347 e. The van der Waals surface area contributed by atoms with Crippen molar-refractivity contribution in [1.82, 2.24) is 14.8 Å². The molecule has 6 aliphatic heterocycles. The third-order valence-corrected chi connectivity index (χ3v) is 17.0. The molecule has 326 valence electrons. The summed E-state index contributed by atoms with van der Waals surface area (Å²) in [4.78, 5) is 55.0. The van der Waals surface area contributed by atoms with E-state index in [4.69, 9.17) is 23.7 Å². The molecule has 3 saturated heterocycles. The van der Waals surface area contributed by atoms with E-state index in [2.05, 4.69) is 69.3 Å². The summed E-state index contributed by atoms with van der Waals surface area (Å²) in [6.07, 6.45) is 8.70. The van der Waals surface area contributed by atoms with Crippen LogP contribution in [0.2, 0.25) is 0 Å². The van der Waals surface area contributed by atoms with Crippen LogP contribution < -0.4 is 9.64 Å². The molecule has 2 aromatic carbocycles. The summed E-state index contributed by atoms with van der Waals surface area (Å²) in [5.41, 5.74) is -1.78. The van der Waals surface area contributed by atoms with E-state index in [1.54, 1.807) is 18.9 Å². The predicted molar refractivity (Wildman–Crippen MR) is 230 cm³/mol. The quantitative estimate of drug-likeness (QED) is 0.102. The van der Waals surface area contributed by atoms with Crippen molar-refractivity contribution in [2.45, 2.75) is 104 Å². The highest BCUT2D eigenvalue weighted by atomic mass is 32.2. The number of H-pyrrole nitrogens is 1. The van der Waals surface area contributed by atoms with Gasteiger partial charge in [-0.1, -0.05) is 26.0 Å². The molecule has 10 atom stereocenters. The SMILES string of the molecule is CC[C@]1(O)C[C@H]2CN(CCc3c([nH]c4ccc(SC)cc34)[C@@](C(=O)OC)(c3cc4c(cc3OC)N(C)[C@@]35O[C@]3(C(=O)OC)[C@H](OC(C)=O)[C@]3(CC)C=CCN6CC[C@]45[C@@H]63)C2)C1. The average molecular weight is 855 g/mol. The van der Waals surface area contributed by atoms with Crippen LogP contribution in [0.25, 0.3) is 10.9 Å². The van der Waals surface area contributed by atoms with E-state index in [0.29, 0.717) is 69.5 Å². The highest BCUT2D eigenvalue weighted by molar-refractivity contribution is 7.98. The number of piperidine rings is 1. The van der Waals surface area contributed by atoms with Crippen LogP contribution in [0.4, 0.5) is 5.69 Å². The number of aromatic amines is 1. The first kappa shape index (κ1) is 41.0. The zero-order valence-electron chi connectivity index (χ0n) is 36.5. The Balaban J connectivity index is 1.29. The highest BCUT2D eigenvalue weighted by Gasteiger charge is 2.98. The molecule has 0 radical (unpaired) electrons. The summed E-state index contributed by atoms with van der Waals surface area (Å²) < 4.78 is 31.6. The minimum absolute atomic E-state index is 0.0850. The van der Waals surface area contributed by atoms with Gasteiger partial charge in [-0.25, -0.2) is 4.79 Å². The number of aromatic nitrogens is 1. The molecule has 2 bridgehead atoms. The lowest BCUT2D eigenvalue weighted by Crippen LogP contribution is -2.75. The molecule has 1 aromatic heterocycles. The molecule has 1 unspecified atom stereocenters. The molecular weight excluding hydrogens is 797 g/mol. The third kappa shape index (κ3) is 4.91. The van der Waals surface area contributed by atoms with E-state index in [9.17, 15) is 14.7 Å². The summed E-state index contributed by atoms with van der Waals surface area (Å²) in [6, 6.07) is 10.3. The summed E-state index contributed by atoms with van der Waals surface area (Å²) in [7, 11) is 6.39. The van der Waals surface area contributed by atoms with E-state index in [0.717, 1.165) is 51.4 Å². The van der Waals surface area contributed by atoms with Crippen molar-refractivity contribution in [2.24, 2.45) is 11.3 Å². The van der Waals surface area contributed by atoms with Crippen molar-refractivity contribution in [1.29, 1.82) is 0 Å². The number of likely N-dealkylation sites (N-methyl/N-ethyl adjacent to an activating group) is 1. The number of rotatable bonds is 8. The van der Waals surface area contributed by atoms with Crippen molar-refractivity contribution >= 4 is 46.3 Å². The van der Waals surface area contributed by atoms with Crippen molar-refractivity contribution in [3.05, 3.63) is 64.9 Å². The minimum Gasteiger partial charge on any atom is -0.496 e. The van der Waals surface area contributed by atoms with Crippen LogP contribution in [0, 0.1) is 11.3 Å². The number of carbonyl (C=O) groups is 3. The number of benzene rings is 2. The zero-order chi connectivity index (χ0) is 43.1. The lowest BCUT2D eigenvalue weighted by Gasteiger charge is -2.58. The number of thioether (sulfide) groups is 1. The van der Waals surface area contributed by atoms with E-state index >= 15 is 4.79 Å². The Hall–Kier alpha value is -4.08. The molecule has 7 aliphatic rings. The van der Waals surface area contributed by atoms with Gasteiger partial charge in [0.2, 0.25) is 0 Å². The number of fused-ring (bicyclic) bond motifs is 6. The largest absolute Gasteiger partial charge is 0.496 e. The minimum atomic E-state index is -1.66. The first-order chi connectivity index (χ1) is 29.2. The molecule has 2 spiro atoms. The Morgan fingerprint density at radius 3 is 2.49 bits per heavy atom. The second-order valence-electron chi connectivity index (χ2n) is 18.7. The molecule has 7 heterocycles. The number of aliphatic hydroxyl groups is 1. The third-order valence-electron chi connectivity index (χ3n) is 16.3. The van der Waals surface area contributed by atoms with Gasteiger partial charge >= 0.3 is 17.9 Å². The lowest BCUT2D eigenvalue weighted by atomic mass is 9.49. The van der Waals surface area contributed by atoms with Crippen LogP contribution >= 0.6 is 11.8 Å². The van der Waals surface area contributed by atoms with E-state index < -0.39 is 57.2 Å². The van der Waals surface area contributed by atoms with E-state index in [-0.39, 0.29) is 12.0 Å². The van der Waals surface area contributed by atoms with Crippen molar-refractivity contribution in [3.63, 3.8) is 0 Å². The number of carbonyl (C=O) groups excluding carboxylic acids is 3. The maximum atomic E-state index is 15.5. The predicted octanol–water partition coefficient (Wildman–Crippen LogP) is 5.08. The molecule has 4 fully saturated rings. The van der Waals surface area contributed by atoms with Gasteiger partial charge in [-0.15, -0.1) is 11.8 Å². The Morgan fingerprint density at radius 1 is 1.02 bits per heavy atom. The van der Waals surface area contributed by atoms with Gasteiger partial charge in [0.1, 0.15) is 11.2 Å². The zero-order valence-corrected chi connectivity index (χ0v) is 37.3. The van der Waals surface area contributed by atoms with Crippen molar-refractivity contribution < 1.29 is 43.2 Å². The van der Waals surface area contributed by atoms with Gasteiger partial charge in [0, 0.05) is 90.4 Å². The Bertz CT molecular complexity index is 2400. The van der Waals surface area contributed by atoms with Gasteiger partial charge in [0.05, 0.1) is 32.3 Å². The van der Waals surface area contributed by atoms with E-state index in [1.807, 2.05) is 20.0 Å². The summed E-state index contributed by atoms with van der Waals surface area (Å²) in [5.74, 6) is -1.09. The number of epoxide rings is 1. The number of nitrogens with one attached hydrogen (secondary N) is 1. The number of ether oxygens (including phenoxy) is 5. The summed E-state index contributed by atoms with van der Waals surface area (Å²) in [6.45, 7) is 8.91. The van der Waals surface area contributed by atoms with Crippen molar-refractivity contribution in [2.75, 3.05) is 72.3 Å². The van der Waals surface area contributed by atoms with E-state index in [1.165, 1.54) is 21.1 Å². The van der Waals surface area contributed by atoms with Gasteiger partial charge in [0.25, 0.3) is 5.60 Å². The maximum Gasteiger partial charge on any atom is 0.347 e. The van der Waals surface area contributed by atoms with Gasteiger partial charge in [-0.3, -0.25) is 19.4 Å². The summed E-state index contributed by atoms with van der Waals surface area (Å²) >= 11 is 1.68. The Morgan fingerprint density at radius 2 is 1.80 bits per heavy atom. The molecule has 1 saturated carbocycles. The fraction of sp³-hybridized carbons (Fsp3) is 0.596. The first-order valence-electron chi connectivity index (χ1n) is 21.8. The lowest BCUT2D eigenvalue weighted by molar-refractivity contribution is -0.178. The second-order valence-corrected chi connectivity index (χ2v) is 19.6. The molecule has 0 amide bonds. The van der Waals surface area contributed by atoms with Gasteiger partial charge in [-0.2, -0.15) is 0 Å². The van der Waals surface area contributed by atoms with Crippen LogP contribution in [0.15, 0.2) is 47.4 Å². The number of hydrogen-bond donors (Lipinski definition) is 2. The maximum absolute atomic E-state index is 15.5. The Labute approximate surface area is 361 Å². The molecule has 61 heavy (non-hydrogen) atoms. The van der Waals surface area contributed by atoms with Crippen molar-refractivity contribution in [3.8, 4) is 5.75 Å². The molecular formula is C47H58N4O9S. The summed E-state index contributed by atoms with van der Waals surface area (Å²) in [5, 5.41) is 13.1. The molecule has 1 aliphatic carbocycles. The topological polar surface area (TPSA) is 146 Å². The first-order valence-corrected chi connectivity index (χ1v) is 23.0. The fourth-order valence-electron chi connectivity index (χ4n) is 14.0. The number of anilines is 1. The Kier molecular flexibility index (Phi) is 9.21. The van der Waals surface area contributed by atoms with Gasteiger partial charge in [-0.05, 0) is 92.6 Å². The number of methoxy groups -OCH3 is 3. The number of esters is 3. The monoisotopic (exact) mass is 854 g/mol. The normalized spacial score (nSPS) is 37.9. The molecule has 14 heteroatoms. The fourth-order valence-corrected chi connectivity index (χ4v) is 14.5. The molecule has 2 N–H and O–H groups in total. The molecule has 3 aromatic rings. The average Bonchev–Trinajstić information content (AvgIpc) is 3.51. The number of hydrogen-bond acceptors (Lipinski definition) is 13. The van der Waals surface area contributed by atoms with Crippen LogP contribution in [0.1, 0.15) is 75.3 Å². The number of nitrogens with zero attached hydrogens (tertiary/aromatic N) is 3. The second kappa shape index (κ2) is 13.7. The van der Waals surface area contributed by atoms with Crippen LogP contribution in [0.3, 0.4) is 0 Å². The molecule has 13 nitrogen and oxygen atoms in total. The van der Waals surface area contributed by atoms with Gasteiger partial charge < -0.3 is 38.7 Å².